The first-order chi connectivity index (χ1) is 19.2. The summed E-state index contributed by atoms with van der Waals surface area (Å²) in [4.78, 5) is 12.5. The number of hydrogen-bond acceptors (Lipinski definition) is 6. The first-order valence-electron chi connectivity index (χ1n) is 12.3. The van der Waals surface area contributed by atoms with Crippen LogP contribution in [0.15, 0.2) is 48.5 Å². The molecule has 3 aromatic carbocycles. The van der Waals surface area contributed by atoms with Crippen LogP contribution in [0.3, 0.4) is 0 Å². The molecule has 0 radical (unpaired) electrons. The molecule has 0 aromatic heterocycles. The maximum atomic E-state index is 14.1. The number of carbonyl (C=O) groups excluding carboxylic acids is 1. The summed E-state index contributed by atoms with van der Waals surface area (Å²) < 4.78 is 81.4. The third-order valence-corrected chi connectivity index (χ3v) is 7.53. The van der Waals surface area contributed by atoms with E-state index < -0.39 is 53.0 Å². The van der Waals surface area contributed by atoms with E-state index in [-0.39, 0.29) is 30.9 Å². The fourth-order valence-electron chi connectivity index (χ4n) is 4.33. The molecule has 4 rings (SSSR count). The Morgan fingerprint density at radius 1 is 0.900 bits per heavy atom. The maximum Gasteiger partial charge on any atom is 0.261 e. The van der Waals surface area contributed by atoms with Gasteiger partial charge in [0.15, 0.2) is 29.6 Å². The predicted octanol–water partition coefficient (Wildman–Crippen LogP) is 5.64. The summed E-state index contributed by atoms with van der Waals surface area (Å²) in [5.74, 6) is -11.9. The van der Waals surface area contributed by atoms with Crippen LogP contribution in [0, 0.1) is 35.0 Å². The number of thioether (sulfide) groups is 1. The van der Waals surface area contributed by atoms with Crippen molar-refractivity contribution in [2.75, 3.05) is 23.4 Å². The second kappa shape index (κ2) is 13.1. The first kappa shape index (κ1) is 29.9. The summed E-state index contributed by atoms with van der Waals surface area (Å²) >= 11 is 1.50. The first-order valence-corrected chi connectivity index (χ1v) is 13.4. The molecule has 1 aliphatic heterocycles. The van der Waals surface area contributed by atoms with Crippen LogP contribution in [-0.4, -0.2) is 40.3 Å². The summed E-state index contributed by atoms with van der Waals surface area (Å²) in [5, 5.41) is 20.7. The molecule has 1 saturated heterocycles. The number of benzene rings is 3. The molecule has 0 aliphatic carbocycles. The maximum absolute atomic E-state index is 14.1. The van der Waals surface area contributed by atoms with E-state index in [9.17, 15) is 37.0 Å². The van der Waals surface area contributed by atoms with E-state index in [1.54, 1.807) is 18.2 Å². The van der Waals surface area contributed by atoms with Crippen molar-refractivity contribution in [2.45, 2.75) is 32.0 Å². The molecule has 0 saturated carbocycles. The summed E-state index contributed by atoms with van der Waals surface area (Å²) in [6.07, 6.45) is -1.69. The molecule has 40 heavy (non-hydrogen) atoms. The van der Waals surface area contributed by atoms with Gasteiger partial charge in [0.2, 0.25) is 5.82 Å². The van der Waals surface area contributed by atoms with Gasteiger partial charge in [-0.2, -0.15) is 11.8 Å². The van der Waals surface area contributed by atoms with Gasteiger partial charge in [0.25, 0.3) is 5.91 Å². The molecule has 214 valence electrons. The van der Waals surface area contributed by atoms with Crippen molar-refractivity contribution in [1.82, 2.24) is 0 Å². The number of aliphatic hydroxyl groups excluding tert-OH is 2. The SMILES string of the molecule is C[C@H]1[C@@H](CSCCO)O[C@@H](c2cccc(NC(=O)c3c(F)c(F)c(F)c(F)c3F)c2)O[C@H]1c1ccc(CO)cc1. The van der Waals surface area contributed by atoms with Crippen molar-refractivity contribution < 1.29 is 46.4 Å². The Bertz CT molecular complexity index is 1330. The van der Waals surface area contributed by atoms with Crippen LogP contribution in [0.1, 0.15) is 46.4 Å². The number of halogens is 5. The van der Waals surface area contributed by atoms with Gasteiger partial charge in [0.1, 0.15) is 5.56 Å². The normalized spacial score (nSPS) is 20.9. The quantitative estimate of drug-likeness (QED) is 0.131. The Morgan fingerprint density at radius 3 is 2.17 bits per heavy atom. The van der Waals surface area contributed by atoms with Gasteiger partial charge in [-0.25, -0.2) is 22.0 Å². The van der Waals surface area contributed by atoms with E-state index in [0.717, 1.165) is 11.1 Å². The molecule has 0 spiro atoms. The largest absolute Gasteiger partial charge is 0.396 e. The van der Waals surface area contributed by atoms with Crippen molar-refractivity contribution in [3.05, 3.63) is 99.9 Å². The van der Waals surface area contributed by atoms with Gasteiger partial charge in [-0.15, -0.1) is 0 Å². The van der Waals surface area contributed by atoms with Crippen LogP contribution in [0.4, 0.5) is 27.6 Å². The molecule has 1 aliphatic rings. The number of aliphatic hydroxyl groups is 2. The van der Waals surface area contributed by atoms with Crippen molar-refractivity contribution in [3.63, 3.8) is 0 Å². The second-order valence-electron chi connectivity index (χ2n) is 9.14. The Kier molecular flexibility index (Phi) is 9.80. The fraction of sp³-hybridized carbons (Fsp3) is 0.321. The lowest BCUT2D eigenvalue weighted by Crippen LogP contribution is -2.38. The molecule has 6 nitrogen and oxygen atoms in total. The third-order valence-electron chi connectivity index (χ3n) is 6.49. The Labute approximate surface area is 231 Å². The number of carbonyl (C=O) groups is 1. The lowest BCUT2D eigenvalue weighted by Gasteiger charge is -2.41. The van der Waals surface area contributed by atoms with Gasteiger partial charge in [0.05, 0.1) is 25.4 Å². The van der Waals surface area contributed by atoms with E-state index in [1.165, 1.54) is 30.0 Å². The van der Waals surface area contributed by atoms with Crippen molar-refractivity contribution in [3.8, 4) is 0 Å². The molecule has 1 fully saturated rings. The average molecular weight is 584 g/mol. The molecule has 0 bridgehead atoms. The van der Waals surface area contributed by atoms with Crippen LogP contribution in [0.25, 0.3) is 0 Å². The number of ether oxygens (including phenoxy) is 2. The Balaban J connectivity index is 1.60. The van der Waals surface area contributed by atoms with Crippen LogP contribution < -0.4 is 5.32 Å². The number of nitrogens with one attached hydrogen (secondary N) is 1. The third kappa shape index (κ3) is 6.31. The molecular formula is C28H26F5NO5S. The van der Waals surface area contributed by atoms with Crippen LogP contribution in [0.5, 0.6) is 0 Å². The van der Waals surface area contributed by atoms with Crippen LogP contribution in [-0.2, 0) is 16.1 Å². The van der Waals surface area contributed by atoms with Crippen molar-refractivity contribution >= 4 is 23.4 Å². The highest BCUT2D eigenvalue weighted by molar-refractivity contribution is 7.99. The molecule has 0 unspecified atom stereocenters. The minimum atomic E-state index is -2.36. The number of amides is 1. The molecule has 3 N–H and O–H groups in total. The molecule has 1 amide bonds. The van der Waals surface area contributed by atoms with Gasteiger partial charge in [-0.05, 0) is 23.3 Å². The van der Waals surface area contributed by atoms with Crippen LogP contribution in [0.2, 0.25) is 0 Å². The molecule has 4 atom stereocenters. The predicted molar refractivity (Wildman–Crippen MR) is 138 cm³/mol. The Hall–Kier alpha value is -3.03. The number of anilines is 1. The van der Waals surface area contributed by atoms with Crippen molar-refractivity contribution in [2.24, 2.45) is 5.92 Å². The average Bonchev–Trinajstić information content (AvgIpc) is 2.96. The molecular weight excluding hydrogens is 557 g/mol. The molecule has 3 aromatic rings. The smallest absolute Gasteiger partial charge is 0.261 e. The lowest BCUT2D eigenvalue weighted by molar-refractivity contribution is -0.268. The molecule has 12 heteroatoms. The summed E-state index contributed by atoms with van der Waals surface area (Å²) in [7, 11) is 0. The minimum Gasteiger partial charge on any atom is -0.396 e. The second-order valence-corrected chi connectivity index (χ2v) is 10.3. The summed E-state index contributed by atoms with van der Waals surface area (Å²) in [6, 6.07) is 13.2. The standard InChI is InChI=1S/C28H26F5NO5S/c1-14-19(13-40-10-9-35)38-28(39-26(14)16-7-5-15(12-36)6-8-16)17-3-2-4-18(11-17)34-27(37)20-21(29)23(31)25(33)24(32)22(20)30/h2-8,11,14,19,26,28,35-36H,9-10,12-13H2,1H3,(H,34,37)/t14-,19+,26+,28+/m0/s1. The van der Waals surface area contributed by atoms with Gasteiger partial charge >= 0.3 is 0 Å². The Morgan fingerprint density at radius 2 is 1.55 bits per heavy atom. The van der Waals surface area contributed by atoms with E-state index in [4.69, 9.17) is 9.47 Å². The van der Waals surface area contributed by atoms with Gasteiger partial charge < -0.3 is 25.0 Å². The highest BCUT2D eigenvalue weighted by atomic mass is 32.2. The number of hydrogen-bond donors (Lipinski definition) is 3. The van der Waals surface area contributed by atoms with Gasteiger partial charge in [-0.1, -0.05) is 43.3 Å². The van der Waals surface area contributed by atoms with Crippen molar-refractivity contribution in [1.29, 1.82) is 0 Å². The van der Waals surface area contributed by atoms with E-state index >= 15 is 0 Å². The zero-order valence-corrected chi connectivity index (χ0v) is 22.0. The van der Waals surface area contributed by atoms with Gasteiger partial charge in [0, 0.05) is 28.7 Å². The summed E-state index contributed by atoms with van der Waals surface area (Å²) in [5.41, 5.74) is 0.398. The van der Waals surface area contributed by atoms with Crippen LogP contribution >= 0.6 is 11.8 Å². The highest BCUT2D eigenvalue weighted by Crippen LogP contribution is 2.42. The zero-order chi connectivity index (χ0) is 29.0. The van der Waals surface area contributed by atoms with E-state index in [1.807, 2.05) is 19.1 Å². The van der Waals surface area contributed by atoms with E-state index in [2.05, 4.69) is 5.32 Å². The van der Waals surface area contributed by atoms with E-state index in [0.29, 0.717) is 17.1 Å². The highest BCUT2D eigenvalue weighted by Gasteiger charge is 2.38. The number of rotatable bonds is 9. The summed E-state index contributed by atoms with van der Waals surface area (Å²) in [6.45, 7) is 1.85. The fourth-order valence-corrected chi connectivity index (χ4v) is 5.24. The molecule has 1 heterocycles. The lowest BCUT2D eigenvalue weighted by atomic mass is 9.91. The van der Waals surface area contributed by atoms with Gasteiger partial charge in [-0.3, -0.25) is 4.79 Å². The monoisotopic (exact) mass is 583 g/mol. The minimum absolute atomic E-state index is 0.00251. The zero-order valence-electron chi connectivity index (χ0n) is 21.2. The topological polar surface area (TPSA) is 88.0 Å².